The zero-order chi connectivity index (χ0) is 27.7. The summed E-state index contributed by atoms with van der Waals surface area (Å²) in [6.45, 7) is 10.9. The minimum atomic E-state index is -0.485. The first-order valence-corrected chi connectivity index (χ1v) is 15.5. The highest BCUT2D eigenvalue weighted by Crippen LogP contribution is 2.34. The maximum Gasteiger partial charge on any atom is 0.338 e. The van der Waals surface area contributed by atoms with Crippen LogP contribution in [0.15, 0.2) is 24.3 Å². The molecule has 1 saturated carbocycles. The summed E-state index contributed by atoms with van der Waals surface area (Å²) in [5.41, 5.74) is 3.89. The van der Waals surface area contributed by atoms with Crippen molar-refractivity contribution < 1.29 is 14.3 Å². The maximum atomic E-state index is 12.3. The summed E-state index contributed by atoms with van der Waals surface area (Å²) in [5, 5.41) is 8.90. The number of esters is 1. The van der Waals surface area contributed by atoms with E-state index in [0.717, 1.165) is 55.4 Å². The highest BCUT2D eigenvalue weighted by atomic mass is 127. The molecule has 212 valence electrons. The number of rotatable bonds is 5. The summed E-state index contributed by atoms with van der Waals surface area (Å²) >= 11 is 2.34. The van der Waals surface area contributed by atoms with E-state index in [1.165, 1.54) is 29.8 Å². The number of amides is 1. The Bertz CT molecular complexity index is 1170. The van der Waals surface area contributed by atoms with Gasteiger partial charge in [-0.15, -0.1) is 0 Å². The molecule has 2 fully saturated rings. The normalized spacial score (nSPS) is 22.5. The molecule has 9 heteroatoms. The SMILES string of the molecule is CC(=O)N1CCc2c(c(I)nn2C2CCC(NC3CCN(c4ccc(C(=O)OC(C)(C)C)cc4)CC3)CC2)C1. The van der Waals surface area contributed by atoms with Gasteiger partial charge in [0.25, 0.3) is 0 Å². The minimum Gasteiger partial charge on any atom is -0.456 e. The third-order valence-corrected chi connectivity index (χ3v) is 9.23. The van der Waals surface area contributed by atoms with Crippen LogP contribution in [-0.2, 0) is 22.5 Å². The van der Waals surface area contributed by atoms with Gasteiger partial charge >= 0.3 is 5.97 Å². The Hall–Kier alpha value is -2.14. The van der Waals surface area contributed by atoms with Crippen LogP contribution in [-0.4, -0.2) is 63.9 Å². The Morgan fingerprint density at radius 3 is 2.23 bits per heavy atom. The number of carbonyl (C=O) groups is 2. The van der Waals surface area contributed by atoms with Gasteiger partial charge in [0.15, 0.2) is 0 Å². The Balaban J connectivity index is 1.08. The van der Waals surface area contributed by atoms with Gasteiger partial charge in [0, 0.05) is 62.0 Å². The summed E-state index contributed by atoms with van der Waals surface area (Å²) in [5.74, 6) is -0.119. The Kier molecular flexibility index (Phi) is 8.56. The number of nitrogens with one attached hydrogen (secondary N) is 1. The Labute approximate surface area is 246 Å². The van der Waals surface area contributed by atoms with Gasteiger partial charge in [0.1, 0.15) is 9.30 Å². The number of hydrogen-bond donors (Lipinski definition) is 1. The van der Waals surface area contributed by atoms with Crippen molar-refractivity contribution in [3.8, 4) is 0 Å². The Morgan fingerprint density at radius 1 is 0.974 bits per heavy atom. The third kappa shape index (κ3) is 6.78. The molecule has 5 rings (SSSR count). The first-order valence-electron chi connectivity index (χ1n) is 14.4. The largest absolute Gasteiger partial charge is 0.456 e. The molecule has 0 unspecified atom stereocenters. The van der Waals surface area contributed by atoms with Crippen LogP contribution in [0.1, 0.15) is 93.9 Å². The number of halogens is 1. The van der Waals surface area contributed by atoms with Gasteiger partial charge in [-0.1, -0.05) is 0 Å². The summed E-state index contributed by atoms with van der Waals surface area (Å²) < 4.78 is 8.84. The number of nitrogens with zero attached hydrogens (tertiary/aromatic N) is 4. The van der Waals surface area contributed by atoms with Crippen LogP contribution < -0.4 is 10.2 Å². The summed E-state index contributed by atoms with van der Waals surface area (Å²) in [6, 6.07) is 9.44. The molecular weight excluding hydrogens is 605 g/mol. The van der Waals surface area contributed by atoms with Gasteiger partial charge in [-0.3, -0.25) is 9.48 Å². The second kappa shape index (κ2) is 11.8. The minimum absolute atomic E-state index is 0.151. The fourth-order valence-electron chi connectivity index (χ4n) is 6.25. The predicted molar refractivity (Wildman–Crippen MR) is 161 cm³/mol. The van der Waals surface area contributed by atoms with Crippen molar-refractivity contribution in [1.29, 1.82) is 0 Å². The Morgan fingerprint density at radius 2 is 1.62 bits per heavy atom. The molecule has 3 aliphatic rings. The van der Waals surface area contributed by atoms with Crippen LogP contribution in [0.3, 0.4) is 0 Å². The lowest BCUT2D eigenvalue weighted by molar-refractivity contribution is -0.129. The van der Waals surface area contributed by atoms with E-state index in [1.54, 1.807) is 6.92 Å². The molecule has 0 spiro atoms. The topological polar surface area (TPSA) is 79.7 Å². The average Bonchev–Trinajstić information content (AvgIpc) is 3.24. The zero-order valence-corrected chi connectivity index (χ0v) is 25.9. The molecular formula is C30H42IN5O3. The monoisotopic (exact) mass is 647 g/mol. The lowest BCUT2D eigenvalue weighted by Gasteiger charge is -2.38. The van der Waals surface area contributed by atoms with Gasteiger partial charge in [-0.05, 0) is 106 Å². The van der Waals surface area contributed by atoms with Crippen molar-refractivity contribution in [3.05, 3.63) is 44.8 Å². The van der Waals surface area contributed by atoms with E-state index in [2.05, 4.69) is 37.5 Å². The molecule has 39 heavy (non-hydrogen) atoms. The van der Waals surface area contributed by atoms with Crippen molar-refractivity contribution >= 4 is 40.2 Å². The first kappa shape index (κ1) is 28.4. The molecule has 2 aliphatic heterocycles. The number of carbonyl (C=O) groups excluding carboxylic acids is 2. The van der Waals surface area contributed by atoms with E-state index in [-0.39, 0.29) is 11.9 Å². The molecule has 0 bridgehead atoms. The third-order valence-electron chi connectivity index (χ3n) is 8.36. The fourth-order valence-corrected chi connectivity index (χ4v) is 6.96. The van der Waals surface area contributed by atoms with Gasteiger partial charge < -0.3 is 19.9 Å². The lowest BCUT2D eigenvalue weighted by Crippen LogP contribution is -2.47. The standard InChI is InChI=1S/C30H42IN5O3/c1-20(37)35-18-15-27-26(19-35)28(31)33-36(27)25-11-7-22(8-12-25)32-23-13-16-34(17-14-23)24-9-5-21(6-10-24)29(38)39-30(2,3)4/h5-6,9-10,22-23,25,32H,7-8,11-19H2,1-4H3. The summed E-state index contributed by atoms with van der Waals surface area (Å²) in [4.78, 5) is 28.5. The zero-order valence-electron chi connectivity index (χ0n) is 23.7. The molecule has 0 radical (unpaired) electrons. The molecule has 1 saturated heterocycles. The van der Waals surface area contributed by atoms with E-state index in [4.69, 9.17) is 9.84 Å². The van der Waals surface area contributed by atoms with E-state index in [9.17, 15) is 9.59 Å². The average molecular weight is 648 g/mol. The van der Waals surface area contributed by atoms with Crippen molar-refractivity contribution in [2.75, 3.05) is 24.5 Å². The first-order chi connectivity index (χ1) is 18.6. The van der Waals surface area contributed by atoms with Crippen molar-refractivity contribution in [3.63, 3.8) is 0 Å². The van der Waals surface area contributed by atoms with E-state index in [0.29, 0.717) is 30.2 Å². The molecule has 8 nitrogen and oxygen atoms in total. The number of piperidine rings is 1. The number of benzene rings is 1. The molecule has 3 heterocycles. The van der Waals surface area contributed by atoms with Crippen LogP contribution in [0, 0.1) is 3.70 Å². The van der Waals surface area contributed by atoms with Crippen molar-refractivity contribution in [1.82, 2.24) is 20.0 Å². The molecule has 1 N–H and O–H groups in total. The van der Waals surface area contributed by atoms with Gasteiger partial charge in [-0.2, -0.15) is 5.10 Å². The van der Waals surface area contributed by atoms with Gasteiger partial charge in [0.2, 0.25) is 5.91 Å². The number of ether oxygens (including phenoxy) is 1. The van der Waals surface area contributed by atoms with Crippen LogP contribution in [0.25, 0.3) is 0 Å². The number of fused-ring (bicyclic) bond motifs is 1. The molecule has 1 aromatic heterocycles. The maximum absolute atomic E-state index is 12.3. The molecule has 1 aromatic carbocycles. The van der Waals surface area contributed by atoms with E-state index < -0.39 is 5.60 Å². The second-order valence-electron chi connectivity index (χ2n) is 12.3. The van der Waals surface area contributed by atoms with Crippen molar-refractivity contribution in [2.45, 2.75) is 103 Å². The molecule has 1 aliphatic carbocycles. The van der Waals surface area contributed by atoms with Crippen LogP contribution >= 0.6 is 22.6 Å². The fraction of sp³-hybridized carbons (Fsp3) is 0.633. The summed E-state index contributed by atoms with van der Waals surface area (Å²) in [6.07, 6.45) is 7.84. The highest BCUT2D eigenvalue weighted by molar-refractivity contribution is 14.1. The smallest absolute Gasteiger partial charge is 0.338 e. The van der Waals surface area contributed by atoms with Crippen molar-refractivity contribution in [2.24, 2.45) is 0 Å². The number of aromatic nitrogens is 2. The number of anilines is 1. The highest BCUT2D eigenvalue weighted by Gasteiger charge is 2.31. The predicted octanol–water partition coefficient (Wildman–Crippen LogP) is 5.09. The van der Waals surface area contributed by atoms with Crippen LogP contribution in [0.4, 0.5) is 5.69 Å². The van der Waals surface area contributed by atoms with E-state index >= 15 is 0 Å². The van der Waals surface area contributed by atoms with Gasteiger partial charge in [0.05, 0.1) is 18.2 Å². The second-order valence-corrected chi connectivity index (χ2v) is 13.4. The quantitative estimate of drug-likeness (QED) is 0.360. The summed E-state index contributed by atoms with van der Waals surface area (Å²) in [7, 11) is 0. The van der Waals surface area contributed by atoms with Gasteiger partial charge in [-0.25, -0.2) is 4.79 Å². The molecule has 0 atom stereocenters. The van der Waals surface area contributed by atoms with E-state index in [1.807, 2.05) is 49.9 Å². The van der Waals surface area contributed by atoms with Crippen LogP contribution in [0.2, 0.25) is 0 Å². The van der Waals surface area contributed by atoms with Crippen LogP contribution in [0.5, 0.6) is 0 Å². The lowest BCUT2D eigenvalue weighted by atomic mass is 9.89. The molecule has 1 amide bonds. The number of hydrogen-bond acceptors (Lipinski definition) is 6. The molecule has 2 aromatic rings.